The van der Waals surface area contributed by atoms with E-state index in [-0.39, 0.29) is 17.8 Å². The number of nitrogens with zero attached hydrogens (tertiary/aromatic N) is 1. The van der Waals surface area contributed by atoms with Crippen molar-refractivity contribution in [3.05, 3.63) is 29.8 Å². The van der Waals surface area contributed by atoms with Crippen molar-refractivity contribution in [3.8, 4) is 0 Å². The summed E-state index contributed by atoms with van der Waals surface area (Å²) in [6, 6.07) is 7.30. The van der Waals surface area contributed by atoms with Crippen molar-refractivity contribution in [1.82, 2.24) is 4.31 Å². The number of hydrogen-bond acceptors (Lipinski definition) is 5. The van der Waals surface area contributed by atoms with E-state index in [1.54, 1.807) is 12.1 Å². The molecular weight excluding hydrogens is 276 g/mol. The largest absolute Gasteiger partial charge is 0.465 e. The van der Waals surface area contributed by atoms with E-state index in [9.17, 15) is 9.59 Å². The van der Waals surface area contributed by atoms with Crippen molar-refractivity contribution in [2.75, 3.05) is 20.2 Å². The van der Waals surface area contributed by atoms with Crippen molar-refractivity contribution < 1.29 is 14.3 Å². The Morgan fingerprint density at radius 3 is 2.85 bits per heavy atom. The lowest BCUT2D eigenvalue weighted by Crippen LogP contribution is -2.37. The van der Waals surface area contributed by atoms with Crippen LogP contribution < -0.4 is 5.73 Å². The minimum absolute atomic E-state index is 0.110. The Morgan fingerprint density at radius 1 is 1.40 bits per heavy atom. The molecule has 1 aromatic carbocycles. The molecule has 1 heterocycles. The standard InChI is InChI=1S/C14H18N2O3S/c1-19-14(18)11-6-2-3-7-12(11)20-16-8-4-5-10(9-16)13(15)17/h2-3,6-7,10H,4-5,8-9H2,1H3,(H2,15,17). The highest BCUT2D eigenvalue weighted by atomic mass is 32.2. The second-order valence-electron chi connectivity index (χ2n) is 4.71. The van der Waals surface area contributed by atoms with Gasteiger partial charge in [-0.3, -0.25) is 4.79 Å². The highest BCUT2D eigenvalue weighted by Gasteiger charge is 2.25. The number of methoxy groups -OCH3 is 1. The molecule has 0 bridgehead atoms. The number of nitrogens with two attached hydrogens (primary N) is 1. The molecule has 0 radical (unpaired) electrons. The molecule has 1 aliphatic rings. The van der Waals surface area contributed by atoms with Gasteiger partial charge in [0.2, 0.25) is 5.91 Å². The summed E-state index contributed by atoms with van der Waals surface area (Å²) in [5, 5.41) is 0. The zero-order valence-electron chi connectivity index (χ0n) is 11.4. The first-order valence-electron chi connectivity index (χ1n) is 6.51. The Hall–Kier alpha value is -1.53. The summed E-state index contributed by atoms with van der Waals surface area (Å²) >= 11 is 1.48. The van der Waals surface area contributed by atoms with Crippen LogP contribution in [0.3, 0.4) is 0 Å². The van der Waals surface area contributed by atoms with Crippen molar-refractivity contribution in [2.45, 2.75) is 17.7 Å². The average Bonchev–Trinajstić information content (AvgIpc) is 2.47. The third-order valence-electron chi connectivity index (χ3n) is 3.31. The number of hydrogen-bond donors (Lipinski definition) is 1. The number of benzene rings is 1. The van der Waals surface area contributed by atoms with Crippen LogP contribution >= 0.6 is 11.9 Å². The summed E-state index contributed by atoms with van der Waals surface area (Å²) in [7, 11) is 1.37. The quantitative estimate of drug-likeness (QED) is 0.675. The Morgan fingerprint density at radius 2 is 2.15 bits per heavy atom. The summed E-state index contributed by atoms with van der Waals surface area (Å²) in [6.07, 6.45) is 1.77. The first kappa shape index (κ1) is 14.9. The smallest absolute Gasteiger partial charge is 0.339 e. The van der Waals surface area contributed by atoms with Crippen LogP contribution in [0.25, 0.3) is 0 Å². The molecule has 1 amide bonds. The van der Waals surface area contributed by atoms with E-state index in [1.165, 1.54) is 19.1 Å². The molecule has 0 saturated carbocycles. The second kappa shape index (κ2) is 6.76. The van der Waals surface area contributed by atoms with Gasteiger partial charge in [-0.05, 0) is 36.9 Å². The van der Waals surface area contributed by atoms with Crippen molar-refractivity contribution in [1.29, 1.82) is 0 Å². The molecule has 1 atom stereocenters. The van der Waals surface area contributed by atoms with Crippen LogP contribution in [0.4, 0.5) is 0 Å². The number of rotatable bonds is 4. The third kappa shape index (κ3) is 3.52. The Balaban J connectivity index is 2.10. The van der Waals surface area contributed by atoms with E-state index in [4.69, 9.17) is 10.5 Å². The lowest BCUT2D eigenvalue weighted by Gasteiger charge is -2.30. The maximum absolute atomic E-state index is 11.7. The van der Waals surface area contributed by atoms with Gasteiger partial charge in [0.25, 0.3) is 0 Å². The van der Waals surface area contributed by atoms with Crippen LogP contribution in [-0.2, 0) is 9.53 Å². The van der Waals surface area contributed by atoms with Gasteiger partial charge in [-0.2, -0.15) is 0 Å². The van der Waals surface area contributed by atoms with Crippen molar-refractivity contribution in [3.63, 3.8) is 0 Å². The van der Waals surface area contributed by atoms with Crippen molar-refractivity contribution in [2.24, 2.45) is 11.7 Å². The monoisotopic (exact) mass is 294 g/mol. The summed E-state index contributed by atoms with van der Waals surface area (Å²) in [4.78, 5) is 23.8. The third-order valence-corrected chi connectivity index (χ3v) is 4.45. The van der Waals surface area contributed by atoms with Gasteiger partial charge in [0.1, 0.15) is 0 Å². The fraction of sp³-hybridized carbons (Fsp3) is 0.429. The molecule has 0 spiro atoms. The van der Waals surface area contributed by atoms with Crippen LogP contribution in [0.2, 0.25) is 0 Å². The summed E-state index contributed by atoms with van der Waals surface area (Å²) in [5.41, 5.74) is 5.92. The fourth-order valence-electron chi connectivity index (χ4n) is 2.22. The molecule has 108 valence electrons. The van der Waals surface area contributed by atoms with Crippen LogP contribution in [0.5, 0.6) is 0 Å². The molecular formula is C14H18N2O3S. The van der Waals surface area contributed by atoms with Gasteiger partial charge in [-0.1, -0.05) is 12.1 Å². The number of esters is 1. The Kier molecular flexibility index (Phi) is 5.03. The SMILES string of the molecule is COC(=O)c1ccccc1SN1CCCC(C(N)=O)C1. The van der Waals surface area contributed by atoms with Gasteiger partial charge in [0.05, 0.1) is 18.6 Å². The maximum atomic E-state index is 11.7. The van der Waals surface area contributed by atoms with E-state index in [1.807, 2.05) is 12.1 Å². The molecule has 1 aromatic rings. The highest BCUT2D eigenvalue weighted by Crippen LogP contribution is 2.30. The first-order chi connectivity index (χ1) is 9.61. The minimum Gasteiger partial charge on any atom is -0.465 e. The molecule has 5 nitrogen and oxygen atoms in total. The molecule has 1 unspecified atom stereocenters. The number of carbonyl (C=O) groups is 2. The molecule has 6 heteroatoms. The zero-order chi connectivity index (χ0) is 14.5. The fourth-order valence-corrected chi connectivity index (χ4v) is 3.36. The van der Waals surface area contributed by atoms with Crippen LogP contribution in [-0.4, -0.2) is 36.4 Å². The van der Waals surface area contributed by atoms with Crippen LogP contribution in [0, 0.1) is 5.92 Å². The highest BCUT2D eigenvalue weighted by molar-refractivity contribution is 7.97. The number of amides is 1. The number of carbonyl (C=O) groups excluding carboxylic acids is 2. The topological polar surface area (TPSA) is 72.6 Å². The zero-order valence-corrected chi connectivity index (χ0v) is 12.2. The molecule has 20 heavy (non-hydrogen) atoms. The lowest BCUT2D eigenvalue weighted by atomic mass is 9.99. The molecule has 2 rings (SSSR count). The maximum Gasteiger partial charge on any atom is 0.339 e. The van der Waals surface area contributed by atoms with E-state index >= 15 is 0 Å². The average molecular weight is 294 g/mol. The van der Waals surface area contributed by atoms with E-state index in [2.05, 4.69) is 4.31 Å². The summed E-state index contributed by atoms with van der Waals surface area (Å²) < 4.78 is 6.86. The first-order valence-corrected chi connectivity index (χ1v) is 7.28. The minimum atomic E-state index is -0.350. The normalized spacial score (nSPS) is 19.6. The lowest BCUT2D eigenvalue weighted by molar-refractivity contribution is -0.122. The van der Waals surface area contributed by atoms with E-state index < -0.39 is 0 Å². The van der Waals surface area contributed by atoms with E-state index in [0.29, 0.717) is 12.1 Å². The van der Waals surface area contributed by atoms with Gasteiger partial charge in [-0.15, -0.1) is 0 Å². The molecule has 1 saturated heterocycles. The van der Waals surface area contributed by atoms with E-state index in [0.717, 1.165) is 24.3 Å². The van der Waals surface area contributed by atoms with Crippen LogP contribution in [0.15, 0.2) is 29.2 Å². The Labute approximate surface area is 122 Å². The molecule has 0 aromatic heterocycles. The molecule has 0 aliphatic carbocycles. The second-order valence-corrected chi connectivity index (χ2v) is 5.85. The molecule has 2 N–H and O–H groups in total. The number of ether oxygens (including phenoxy) is 1. The van der Waals surface area contributed by atoms with Crippen LogP contribution in [0.1, 0.15) is 23.2 Å². The van der Waals surface area contributed by atoms with Gasteiger partial charge >= 0.3 is 5.97 Å². The number of piperidine rings is 1. The van der Waals surface area contributed by atoms with Gasteiger partial charge in [0, 0.05) is 18.0 Å². The predicted molar refractivity (Wildman–Crippen MR) is 77.1 cm³/mol. The molecule has 1 aliphatic heterocycles. The predicted octanol–water partition coefficient (Wildman–Crippen LogP) is 1.68. The van der Waals surface area contributed by atoms with Crippen molar-refractivity contribution >= 4 is 23.8 Å². The van der Waals surface area contributed by atoms with Gasteiger partial charge < -0.3 is 10.5 Å². The summed E-state index contributed by atoms with van der Waals surface area (Å²) in [6.45, 7) is 1.50. The van der Waals surface area contributed by atoms with Gasteiger partial charge in [0.15, 0.2) is 0 Å². The van der Waals surface area contributed by atoms with Gasteiger partial charge in [-0.25, -0.2) is 9.10 Å². The summed E-state index contributed by atoms with van der Waals surface area (Å²) in [5.74, 6) is -0.713. The Bertz CT molecular complexity index is 507. The number of primary amides is 1. The molecule has 1 fully saturated rings.